The van der Waals surface area contributed by atoms with Crippen molar-refractivity contribution in [2.75, 3.05) is 24.7 Å². The Balaban J connectivity index is 1.96. The summed E-state index contributed by atoms with van der Waals surface area (Å²) in [4.78, 5) is 20.5. The molecule has 1 aromatic rings. The van der Waals surface area contributed by atoms with Crippen LogP contribution in [0.4, 0.5) is 5.82 Å². The molecule has 0 unspecified atom stereocenters. The van der Waals surface area contributed by atoms with Crippen LogP contribution in [-0.4, -0.2) is 40.0 Å². The van der Waals surface area contributed by atoms with Gasteiger partial charge in [-0.2, -0.15) is 11.8 Å². The molecule has 1 heterocycles. The van der Waals surface area contributed by atoms with Gasteiger partial charge in [0.1, 0.15) is 11.5 Å². The average Bonchev–Trinajstić information content (AvgIpc) is 2.95. The fourth-order valence-electron chi connectivity index (χ4n) is 2.55. The summed E-state index contributed by atoms with van der Waals surface area (Å²) in [5, 5.41) is 6.07. The molecule has 1 fully saturated rings. The highest BCUT2D eigenvalue weighted by Gasteiger charge is 2.33. The van der Waals surface area contributed by atoms with Crippen molar-refractivity contribution in [2.45, 2.75) is 37.4 Å². The smallest absolute Gasteiger partial charge is 0.271 e. The second-order valence-corrected chi connectivity index (χ2v) is 6.37. The summed E-state index contributed by atoms with van der Waals surface area (Å²) in [7, 11) is 0. The van der Waals surface area contributed by atoms with E-state index in [1.165, 1.54) is 31.9 Å². The van der Waals surface area contributed by atoms with E-state index >= 15 is 0 Å². The molecular formula is C14H22N4OS. The van der Waals surface area contributed by atoms with Gasteiger partial charge in [-0.15, -0.1) is 0 Å². The van der Waals surface area contributed by atoms with Gasteiger partial charge in [0, 0.05) is 17.8 Å². The molecule has 0 aromatic carbocycles. The van der Waals surface area contributed by atoms with Gasteiger partial charge in [-0.3, -0.25) is 9.78 Å². The first-order chi connectivity index (χ1) is 9.69. The molecule has 20 heavy (non-hydrogen) atoms. The molecule has 0 saturated heterocycles. The van der Waals surface area contributed by atoms with Crippen molar-refractivity contribution in [3.05, 3.63) is 18.1 Å². The zero-order chi connectivity index (χ0) is 14.4. The number of aromatic nitrogens is 2. The fraction of sp³-hybridized carbons (Fsp3) is 0.643. The van der Waals surface area contributed by atoms with E-state index in [9.17, 15) is 4.79 Å². The number of rotatable bonds is 6. The Morgan fingerprint density at radius 3 is 2.80 bits per heavy atom. The van der Waals surface area contributed by atoms with Crippen LogP contribution in [0.15, 0.2) is 12.4 Å². The zero-order valence-electron chi connectivity index (χ0n) is 12.1. The molecule has 5 nitrogen and oxygen atoms in total. The van der Waals surface area contributed by atoms with Crippen LogP contribution >= 0.6 is 11.8 Å². The first-order valence-corrected chi connectivity index (χ1v) is 8.31. The lowest BCUT2D eigenvalue weighted by Crippen LogP contribution is -2.38. The van der Waals surface area contributed by atoms with Crippen LogP contribution in [0, 0.1) is 0 Å². The number of carbonyl (C=O) groups is 1. The predicted octanol–water partition coefficient (Wildman–Crippen LogP) is 2.31. The number of hydrogen-bond donors (Lipinski definition) is 2. The fourth-order valence-corrected chi connectivity index (χ4v) is 3.46. The largest absolute Gasteiger partial charge is 0.369 e. The van der Waals surface area contributed by atoms with E-state index in [1.807, 2.05) is 18.7 Å². The Bertz CT molecular complexity index is 460. The Morgan fingerprint density at radius 1 is 1.40 bits per heavy atom. The van der Waals surface area contributed by atoms with E-state index in [0.29, 0.717) is 18.1 Å². The number of anilines is 1. The minimum atomic E-state index is -0.141. The minimum Gasteiger partial charge on any atom is -0.369 e. The average molecular weight is 294 g/mol. The van der Waals surface area contributed by atoms with E-state index in [0.717, 1.165) is 6.54 Å². The molecule has 0 radical (unpaired) electrons. The van der Waals surface area contributed by atoms with Crippen molar-refractivity contribution in [2.24, 2.45) is 0 Å². The Kier molecular flexibility index (Phi) is 5.23. The second kappa shape index (κ2) is 6.92. The van der Waals surface area contributed by atoms with Crippen molar-refractivity contribution in [3.63, 3.8) is 0 Å². The topological polar surface area (TPSA) is 66.9 Å². The summed E-state index contributed by atoms with van der Waals surface area (Å²) in [6.07, 6.45) is 10.1. The van der Waals surface area contributed by atoms with Gasteiger partial charge in [0.05, 0.1) is 12.4 Å². The minimum absolute atomic E-state index is 0.141. The third-order valence-electron chi connectivity index (χ3n) is 3.74. The van der Waals surface area contributed by atoms with Gasteiger partial charge in [0.2, 0.25) is 0 Å². The molecule has 1 aliphatic rings. The van der Waals surface area contributed by atoms with Gasteiger partial charge < -0.3 is 10.6 Å². The molecule has 110 valence electrons. The van der Waals surface area contributed by atoms with Crippen molar-refractivity contribution < 1.29 is 4.79 Å². The maximum Gasteiger partial charge on any atom is 0.271 e. The molecule has 0 aliphatic heterocycles. The third kappa shape index (κ3) is 3.62. The normalized spacial score (nSPS) is 16.9. The molecule has 1 amide bonds. The second-order valence-electron chi connectivity index (χ2n) is 5.10. The van der Waals surface area contributed by atoms with E-state index in [-0.39, 0.29) is 10.7 Å². The number of amides is 1. The Labute approximate surface area is 124 Å². The first-order valence-electron chi connectivity index (χ1n) is 7.08. The molecule has 6 heteroatoms. The summed E-state index contributed by atoms with van der Waals surface area (Å²) in [5.74, 6) is 0.498. The van der Waals surface area contributed by atoms with Gasteiger partial charge in [-0.25, -0.2) is 4.98 Å². The van der Waals surface area contributed by atoms with Gasteiger partial charge in [-0.1, -0.05) is 12.8 Å². The lowest BCUT2D eigenvalue weighted by molar-refractivity contribution is 0.0944. The first kappa shape index (κ1) is 15.1. The van der Waals surface area contributed by atoms with Crippen LogP contribution in [0.1, 0.15) is 43.1 Å². The number of hydrogen-bond acceptors (Lipinski definition) is 5. The van der Waals surface area contributed by atoms with Crippen LogP contribution in [-0.2, 0) is 0 Å². The number of carbonyl (C=O) groups excluding carboxylic acids is 1. The molecule has 0 bridgehead atoms. The monoisotopic (exact) mass is 294 g/mol. The van der Waals surface area contributed by atoms with E-state index in [1.54, 1.807) is 6.20 Å². The summed E-state index contributed by atoms with van der Waals surface area (Å²) in [6, 6.07) is 0. The molecular weight excluding hydrogens is 272 g/mol. The van der Waals surface area contributed by atoms with Crippen LogP contribution in [0.2, 0.25) is 0 Å². The summed E-state index contributed by atoms with van der Waals surface area (Å²) in [5.41, 5.74) is 0.373. The van der Waals surface area contributed by atoms with Gasteiger partial charge in [-0.05, 0) is 26.0 Å². The number of nitrogens with zero attached hydrogens (tertiary/aromatic N) is 2. The van der Waals surface area contributed by atoms with Crippen molar-refractivity contribution >= 4 is 23.5 Å². The number of nitrogens with one attached hydrogen (secondary N) is 2. The van der Waals surface area contributed by atoms with Crippen LogP contribution in [0.25, 0.3) is 0 Å². The predicted molar refractivity (Wildman–Crippen MR) is 83.2 cm³/mol. The van der Waals surface area contributed by atoms with Crippen LogP contribution in [0.5, 0.6) is 0 Å². The standard InChI is InChI=1S/C14H22N4OS/c1-3-16-12-9-15-8-11(18-12)13(19)17-10-14(20-2)6-4-5-7-14/h8-9H,3-7,10H2,1-2H3,(H,16,18)(H,17,19). The van der Waals surface area contributed by atoms with Crippen molar-refractivity contribution in [1.29, 1.82) is 0 Å². The van der Waals surface area contributed by atoms with E-state index in [4.69, 9.17) is 0 Å². The van der Waals surface area contributed by atoms with E-state index in [2.05, 4.69) is 26.9 Å². The Morgan fingerprint density at radius 2 is 2.15 bits per heavy atom. The lowest BCUT2D eigenvalue weighted by Gasteiger charge is -2.26. The van der Waals surface area contributed by atoms with Gasteiger partial charge in [0.25, 0.3) is 5.91 Å². The quantitative estimate of drug-likeness (QED) is 0.843. The highest BCUT2D eigenvalue weighted by atomic mass is 32.2. The number of thioether (sulfide) groups is 1. The van der Waals surface area contributed by atoms with Gasteiger partial charge >= 0.3 is 0 Å². The summed E-state index contributed by atoms with van der Waals surface area (Å²) in [6.45, 7) is 3.45. The third-order valence-corrected chi connectivity index (χ3v) is 5.16. The van der Waals surface area contributed by atoms with Crippen LogP contribution < -0.4 is 10.6 Å². The summed E-state index contributed by atoms with van der Waals surface area (Å²) >= 11 is 1.87. The molecule has 1 aromatic heterocycles. The maximum absolute atomic E-state index is 12.2. The maximum atomic E-state index is 12.2. The Hall–Kier alpha value is -1.30. The lowest BCUT2D eigenvalue weighted by atomic mass is 10.1. The molecule has 1 saturated carbocycles. The molecule has 2 N–H and O–H groups in total. The SMILES string of the molecule is CCNc1cncc(C(=O)NCC2(SC)CCCC2)n1. The highest BCUT2D eigenvalue weighted by Crippen LogP contribution is 2.39. The highest BCUT2D eigenvalue weighted by molar-refractivity contribution is 8.00. The summed E-state index contributed by atoms with van der Waals surface area (Å²) < 4.78 is 0.211. The van der Waals surface area contributed by atoms with E-state index < -0.39 is 0 Å². The van der Waals surface area contributed by atoms with Crippen LogP contribution in [0.3, 0.4) is 0 Å². The molecule has 2 rings (SSSR count). The molecule has 1 aliphatic carbocycles. The zero-order valence-corrected chi connectivity index (χ0v) is 12.9. The van der Waals surface area contributed by atoms with Crippen molar-refractivity contribution in [1.82, 2.24) is 15.3 Å². The van der Waals surface area contributed by atoms with Crippen molar-refractivity contribution in [3.8, 4) is 0 Å². The van der Waals surface area contributed by atoms with Gasteiger partial charge in [0.15, 0.2) is 0 Å². The molecule has 0 atom stereocenters. The molecule has 0 spiro atoms.